The van der Waals surface area contributed by atoms with Crippen molar-refractivity contribution in [2.75, 3.05) is 0 Å². The van der Waals surface area contributed by atoms with Gasteiger partial charge in [0, 0.05) is 21.2 Å². The van der Waals surface area contributed by atoms with Gasteiger partial charge in [-0.1, -0.05) is 182 Å². The van der Waals surface area contributed by atoms with Crippen LogP contribution in [0.2, 0.25) is 0 Å². The summed E-state index contributed by atoms with van der Waals surface area (Å²) in [6.45, 7) is 0. The summed E-state index contributed by atoms with van der Waals surface area (Å²) >= 11 is 0. The Morgan fingerprint density at radius 1 is 0.256 bits per heavy atom. The molecule has 0 bridgehead atoms. The van der Waals surface area contributed by atoms with E-state index in [1.165, 1.54) is 32.3 Å². The lowest BCUT2D eigenvalue weighted by Crippen LogP contribution is -2.18. The summed E-state index contributed by atoms with van der Waals surface area (Å²) in [7, 11) is -1.82. The van der Waals surface area contributed by atoms with Gasteiger partial charge in [-0.05, 0) is 11.1 Å². The Morgan fingerprint density at radius 3 is 0.692 bits per heavy atom. The van der Waals surface area contributed by atoms with E-state index in [2.05, 4.69) is 170 Å². The minimum atomic E-state index is -0.909. The van der Waals surface area contributed by atoms with E-state index in [-0.39, 0.29) is 0 Å². The maximum absolute atomic E-state index is 6.92. The molecule has 0 unspecified atom stereocenters. The van der Waals surface area contributed by atoms with Crippen molar-refractivity contribution in [3.05, 3.63) is 182 Å². The molecule has 190 valence electrons. The van der Waals surface area contributed by atoms with Crippen LogP contribution in [0.4, 0.5) is 0 Å². The first kappa shape index (κ1) is 26.7. The molecule has 0 radical (unpaired) electrons. The van der Waals surface area contributed by atoms with E-state index in [4.69, 9.17) is 4.31 Å². The Kier molecular flexibility index (Phi) is 9.83. The zero-order chi connectivity index (χ0) is 26.5. The summed E-state index contributed by atoms with van der Waals surface area (Å²) in [6.07, 6.45) is 0. The Balaban J connectivity index is 0.000000214. The van der Waals surface area contributed by atoms with E-state index < -0.39 is 16.3 Å². The first-order chi connectivity index (χ1) is 19.4. The van der Waals surface area contributed by atoms with Gasteiger partial charge in [-0.25, -0.2) is 0 Å². The van der Waals surface area contributed by atoms with Crippen LogP contribution in [0.15, 0.2) is 182 Å². The van der Waals surface area contributed by atoms with Crippen molar-refractivity contribution in [1.29, 1.82) is 0 Å². The predicted octanol–water partition coefficient (Wildman–Crippen LogP) is 8.45. The van der Waals surface area contributed by atoms with Gasteiger partial charge in [0.05, 0.1) is 16.3 Å². The highest BCUT2D eigenvalue weighted by molar-refractivity contribution is 7.80. The lowest BCUT2D eigenvalue weighted by atomic mass is 10.1. The maximum Gasteiger partial charge on any atom is 0.0976 e. The Morgan fingerprint density at radius 2 is 0.462 bits per heavy atom. The first-order valence-corrected chi connectivity index (χ1v) is 15.5. The fourth-order valence-electron chi connectivity index (χ4n) is 4.08. The van der Waals surface area contributed by atoms with Crippen molar-refractivity contribution in [1.82, 2.24) is 0 Å². The van der Waals surface area contributed by atoms with E-state index in [1.807, 2.05) is 12.1 Å². The normalized spacial score (nSPS) is 10.6. The minimum absolute atomic E-state index is 0.909. The topological polar surface area (TPSA) is 9.23 Å². The molecule has 6 aromatic rings. The van der Waals surface area contributed by atoms with Gasteiger partial charge in [0.2, 0.25) is 0 Å². The number of benzene rings is 6. The van der Waals surface area contributed by atoms with Crippen molar-refractivity contribution in [3.63, 3.8) is 0 Å². The molecule has 0 aromatic heterocycles. The fourth-order valence-corrected chi connectivity index (χ4v) is 8.61. The van der Waals surface area contributed by atoms with Gasteiger partial charge in [0.15, 0.2) is 0 Å². The molecule has 6 rings (SSSR count). The quantitative estimate of drug-likeness (QED) is 0.185. The van der Waals surface area contributed by atoms with E-state index in [1.54, 1.807) is 0 Å². The molecule has 0 saturated carbocycles. The number of rotatable bonds is 7. The van der Waals surface area contributed by atoms with Gasteiger partial charge >= 0.3 is 0 Å². The van der Waals surface area contributed by atoms with Gasteiger partial charge in [0.1, 0.15) is 0 Å². The number of hydrogen-bond donors (Lipinski definition) is 0. The molecule has 0 N–H and O–H groups in total. The largest absolute Gasteiger partial charge is 0.318 e. The fraction of sp³-hybridized carbons (Fsp3) is 0. The molecule has 0 fully saturated rings. The van der Waals surface area contributed by atoms with Crippen LogP contribution in [0.3, 0.4) is 0 Å². The molecule has 3 heteroatoms. The highest BCUT2D eigenvalue weighted by atomic mass is 31.2. The van der Waals surface area contributed by atoms with E-state index in [0.29, 0.717) is 0 Å². The predicted molar refractivity (Wildman–Crippen MR) is 171 cm³/mol. The monoisotopic (exact) mass is 540 g/mol. The van der Waals surface area contributed by atoms with Crippen LogP contribution < -0.4 is 21.2 Å². The Hall–Kier alpha value is -3.86. The second-order valence-electron chi connectivity index (χ2n) is 8.74. The standard InChI is InChI=1S/C24H20OP2.C12H10/c1-5-13-21(14-6-1)26(22-15-7-2-8-16-22)25-27(23-17-9-3-10-18-23)24-19-11-4-12-20-24;1-3-7-11(8-4-1)12-9-5-2-6-10-12/h1-20H;1-10H. The molecule has 0 atom stereocenters. The molecule has 0 aliphatic heterocycles. The van der Waals surface area contributed by atoms with Gasteiger partial charge < -0.3 is 4.31 Å². The lowest BCUT2D eigenvalue weighted by Gasteiger charge is -2.25. The smallest absolute Gasteiger partial charge is 0.0976 e. The van der Waals surface area contributed by atoms with Crippen LogP contribution in [-0.4, -0.2) is 0 Å². The average molecular weight is 541 g/mol. The van der Waals surface area contributed by atoms with Crippen LogP contribution in [-0.2, 0) is 4.31 Å². The summed E-state index contributed by atoms with van der Waals surface area (Å²) < 4.78 is 6.92. The van der Waals surface area contributed by atoms with Crippen LogP contribution in [0.5, 0.6) is 0 Å². The minimum Gasteiger partial charge on any atom is -0.318 e. The summed E-state index contributed by atoms with van der Waals surface area (Å²) in [5, 5.41) is 4.94. The lowest BCUT2D eigenvalue weighted by molar-refractivity contribution is 0.720. The van der Waals surface area contributed by atoms with Crippen LogP contribution >= 0.6 is 16.3 Å². The second kappa shape index (κ2) is 14.3. The zero-order valence-corrected chi connectivity index (χ0v) is 23.4. The summed E-state index contributed by atoms with van der Waals surface area (Å²) in [5.41, 5.74) is 2.55. The first-order valence-electron chi connectivity index (χ1n) is 13.0. The van der Waals surface area contributed by atoms with Crippen molar-refractivity contribution in [2.45, 2.75) is 0 Å². The van der Waals surface area contributed by atoms with Crippen molar-refractivity contribution < 1.29 is 4.31 Å². The van der Waals surface area contributed by atoms with Crippen molar-refractivity contribution in [3.8, 4) is 11.1 Å². The molecular formula is C36H30OP2. The molecular weight excluding hydrogens is 510 g/mol. The summed E-state index contributed by atoms with van der Waals surface area (Å²) in [4.78, 5) is 0. The van der Waals surface area contributed by atoms with Crippen molar-refractivity contribution in [2.24, 2.45) is 0 Å². The molecule has 0 amide bonds. The SMILES string of the molecule is c1ccc(-c2ccccc2)cc1.c1ccc(P(OP(c2ccccc2)c2ccccc2)c2ccccc2)cc1. The van der Waals surface area contributed by atoms with Gasteiger partial charge in [-0.2, -0.15) is 0 Å². The highest BCUT2D eigenvalue weighted by Crippen LogP contribution is 2.50. The number of hydrogen-bond acceptors (Lipinski definition) is 1. The highest BCUT2D eigenvalue weighted by Gasteiger charge is 2.23. The van der Waals surface area contributed by atoms with E-state index in [9.17, 15) is 0 Å². The molecule has 0 aliphatic rings. The van der Waals surface area contributed by atoms with Crippen LogP contribution in [0, 0.1) is 0 Å². The molecule has 0 spiro atoms. The molecule has 0 aliphatic carbocycles. The van der Waals surface area contributed by atoms with Crippen LogP contribution in [0.25, 0.3) is 11.1 Å². The van der Waals surface area contributed by atoms with Gasteiger partial charge in [0.25, 0.3) is 0 Å². The third kappa shape index (κ3) is 7.60. The summed E-state index contributed by atoms with van der Waals surface area (Å²) in [5.74, 6) is 0. The van der Waals surface area contributed by atoms with Crippen LogP contribution in [0.1, 0.15) is 0 Å². The molecule has 0 heterocycles. The Labute approximate surface area is 234 Å². The molecule has 6 aromatic carbocycles. The molecule has 1 nitrogen and oxygen atoms in total. The van der Waals surface area contributed by atoms with E-state index >= 15 is 0 Å². The molecule has 39 heavy (non-hydrogen) atoms. The molecule has 0 saturated heterocycles. The van der Waals surface area contributed by atoms with E-state index in [0.717, 1.165) is 0 Å². The third-order valence-electron chi connectivity index (χ3n) is 6.01. The zero-order valence-electron chi connectivity index (χ0n) is 21.6. The summed E-state index contributed by atoms with van der Waals surface area (Å²) in [6, 6.07) is 63.1. The second-order valence-corrected chi connectivity index (χ2v) is 12.6. The third-order valence-corrected chi connectivity index (χ3v) is 10.4. The Bertz CT molecular complexity index is 1300. The maximum atomic E-state index is 6.92. The van der Waals surface area contributed by atoms with Gasteiger partial charge in [-0.3, -0.25) is 0 Å². The van der Waals surface area contributed by atoms with Crippen molar-refractivity contribution >= 4 is 37.5 Å². The van der Waals surface area contributed by atoms with Gasteiger partial charge in [-0.15, -0.1) is 0 Å². The average Bonchev–Trinajstić information content (AvgIpc) is 3.04.